The predicted molar refractivity (Wildman–Crippen MR) is 112 cm³/mol. The first-order chi connectivity index (χ1) is 13.6. The van der Waals surface area contributed by atoms with Gasteiger partial charge in [-0.1, -0.05) is 6.07 Å². The Balaban J connectivity index is 2.06. The molecule has 0 unspecified atom stereocenters. The molecule has 1 saturated carbocycles. The van der Waals surface area contributed by atoms with Crippen molar-refractivity contribution in [2.45, 2.75) is 59.1 Å². The van der Waals surface area contributed by atoms with Crippen LogP contribution >= 0.6 is 0 Å². The van der Waals surface area contributed by atoms with Crippen LogP contribution in [0.3, 0.4) is 0 Å². The molecule has 7 heteroatoms. The second-order valence-electron chi connectivity index (χ2n) is 7.08. The molecule has 0 saturated heterocycles. The molecule has 7 nitrogen and oxygen atoms in total. The molecule has 1 aliphatic rings. The van der Waals surface area contributed by atoms with Gasteiger partial charge in [0.05, 0.1) is 13.1 Å². The molecule has 0 bridgehead atoms. The van der Waals surface area contributed by atoms with Crippen LogP contribution in [-0.4, -0.2) is 66.0 Å². The van der Waals surface area contributed by atoms with Crippen LogP contribution in [-0.2, 0) is 11.3 Å². The van der Waals surface area contributed by atoms with Crippen molar-refractivity contribution in [1.29, 1.82) is 0 Å². The first kappa shape index (κ1) is 22.0. The number of hydrogen-bond acceptors (Lipinski definition) is 4. The number of aromatic nitrogens is 1. The maximum atomic E-state index is 12.4. The minimum atomic E-state index is 0.102. The standard InChI is InChI=1S/C21H35N5O2/c1-5-22-21(25(4)16-19(27)26(6-2)7-3)24-15-17-11-10-14-23-20(17)28-18-12-8-9-13-18/h10-11,14,18H,5-9,12-13,15-16H2,1-4H3,(H,22,24). The van der Waals surface area contributed by atoms with E-state index in [-0.39, 0.29) is 12.0 Å². The van der Waals surface area contributed by atoms with E-state index in [1.54, 1.807) is 6.20 Å². The monoisotopic (exact) mass is 389 g/mol. The van der Waals surface area contributed by atoms with Gasteiger partial charge in [-0.2, -0.15) is 0 Å². The molecule has 1 amide bonds. The van der Waals surface area contributed by atoms with Gasteiger partial charge in [0.15, 0.2) is 5.96 Å². The first-order valence-electron chi connectivity index (χ1n) is 10.5. The molecule has 0 aliphatic heterocycles. The molecule has 28 heavy (non-hydrogen) atoms. The third-order valence-electron chi connectivity index (χ3n) is 5.01. The maximum absolute atomic E-state index is 12.4. The van der Waals surface area contributed by atoms with Crippen molar-refractivity contribution in [1.82, 2.24) is 20.1 Å². The molecular formula is C21H35N5O2. The largest absolute Gasteiger partial charge is 0.474 e. The summed E-state index contributed by atoms with van der Waals surface area (Å²) in [7, 11) is 1.89. The third kappa shape index (κ3) is 6.39. The number of pyridine rings is 1. The normalized spacial score (nSPS) is 14.8. The van der Waals surface area contributed by atoms with Crippen LogP contribution in [0, 0.1) is 0 Å². The number of guanidine groups is 1. The molecule has 156 valence electrons. The number of amides is 1. The fourth-order valence-corrected chi connectivity index (χ4v) is 3.40. The summed E-state index contributed by atoms with van der Waals surface area (Å²) in [6.45, 7) is 8.94. The first-order valence-corrected chi connectivity index (χ1v) is 10.5. The molecule has 0 radical (unpaired) electrons. The molecule has 1 heterocycles. The highest BCUT2D eigenvalue weighted by Gasteiger charge is 2.19. The lowest BCUT2D eigenvalue weighted by Crippen LogP contribution is -2.45. The van der Waals surface area contributed by atoms with Crippen LogP contribution in [0.1, 0.15) is 52.0 Å². The van der Waals surface area contributed by atoms with Crippen LogP contribution in [0.15, 0.2) is 23.3 Å². The summed E-state index contributed by atoms with van der Waals surface area (Å²) in [6, 6.07) is 3.91. The van der Waals surface area contributed by atoms with Gasteiger partial charge in [-0.15, -0.1) is 0 Å². The smallest absolute Gasteiger partial charge is 0.242 e. The van der Waals surface area contributed by atoms with E-state index in [2.05, 4.69) is 10.3 Å². The van der Waals surface area contributed by atoms with Crippen molar-refractivity contribution in [2.24, 2.45) is 4.99 Å². The molecule has 0 spiro atoms. The van der Waals surface area contributed by atoms with Gasteiger partial charge in [0.25, 0.3) is 0 Å². The van der Waals surface area contributed by atoms with Gasteiger partial charge in [0, 0.05) is 38.4 Å². The second-order valence-corrected chi connectivity index (χ2v) is 7.08. The molecule has 0 aromatic carbocycles. The summed E-state index contributed by atoms with van der Waals surface area (Å²) >= 11 is 0. The van der Waals surface area contributed by atoms with Crippen molar-refractivity contribution in [2.75, 3.05) is 33.2 Å². The lowest BCUT2D eigenvalue weighted by atomic mass is 10.2. The topological polar surface area (TPSA) is 70.1 Å². The van der Waals surface area contributed by atoms with Gasteiger partial charge >= 0.3 is 0 Å². The fourth-order valence-electron chi connectivity index (χ4n) is 3.40. The highest BCUT2D eigenvalue weighted by Crippen LogP contribution is 2.25. The van der Waals surface area contributed by atoms with E-state index in [0.717, 1.165) is 24.9 Å². The van der Waals surface area contributed by atoms with Crippen molar-refractivity contribution in [3.8, 4) is 5.88 Å². The van der Waals surface area contributed by atoms with E-state index in [0.29, 0.717) is 38.0 Å². The number of ether oxygens (including phenoxy) is 1. The van der Waals surface area contributed by atoms with Gasteiger partial charge in [-0.05, 0) is 52.5 Å². The van der Waals surface area contributed by atoms with E-state index in [1.807, 2.05) is 49.8 Å². The average Bonchev–Trinajstić information content (AvgIpc) is 3.20. The summed E-state index contributed by atoms with van der Waals surface area (Å²) in [5.74, 6) is 1.49. The maximum Gasteiger partial charge on any atom is 0.242 e. The van der Waals surface area contributed by atoms with Gasteiger partial charge < -0.3 is 19.9 Å². The van der Waals surface area contributed by atoms with Gasteiger partial charge in [0.2, 0.25) is 11.8 Å². The molecule has 0 atom stereocenters. The summed E-state index contributed by atoms with van der Waals surface area (Å²) < 4.78 is 6.11. The zero-order chi connectivity index (χ0) is 20.4. The Bertz CT molecular complexity index is 639. The highest BCUT2D eigenvalue weighted by molar-refractivity contribution is 5.86. The third-order valence-corrected chi connectivity index (χ3v) is 5.01. The van der Waals surface area contributed by atoms with Gasteiger partial charge in [-0.25, -0.2) is 9.98 Å². The minimum Gasteiger partial charge on any atom is -0.474 e. The van der Waals surface area contributed by atoms with E-state index < -0.39 is 0 Å². The minimum absolute atomic E-state index is 0.102. The van der Waals surface area contributed by atoms with Crippen LogP contribution in [0.4, 0.5) is 0 Å². The lowest BCUT2D eigenvalue weighted by molar-refractivity contribution is -0.131. The predicted octanol–water partition coefficient (Wildman–Crippen LogP) is 2.67. The lowest BCUT2D eigenvalue weighted by Gasteiger charge is -2.25. The number of likely N-dealkylation sites (N-methyl/N-ethyl adjacent to an activating group) is 2. The van der Waals surface area contributed by atoms with Crippen LogP contribution in [0.5, 0.6) is 5.88 Å². The molecule has 1 fully saturated rings. The van der Waals surface area contributed by atoms with E-state index in [1.165, 1.54) is 12.8 Å². The summed E-state index contributed by atoms with van der Waals surface area (Å²) in [6.07, 6.45) is 6.66. The Labute approximate surface area is 169 Å². The van der Waals surface area contributed by atoms with Crippen molar-refractivity contribution in [3.63, 3.8) is 0 Å². The Hall–Kier alpha value is -2.31. The fraction of sp³-hybridized carbons (Fsp3) is 0.667. The summed E-state index contributed by atoms with van der Waals surface area (Å²) in [5, 5.41) is 3.27. The quantitative estimate of drug-likeness (QED) is 0.519. The molecule has 1 aromatic heterocycles. The zero-order valence-electron chi connectivity index (χ0n) is 17.8. The molecule has 1 aromatic rings. The average molecular weight is 390 g/mol. The van der Waals surface area contributed by atoms with Crippen molar-refractivity contribution < 1.29 is 9.53 Å². The van der Waals surface area contributed by atoms with Crippen LogP contribution in [0.2, 0.25) is 0 Å². The summed E-state index contributed by atoms with van der Waals surface area (Å²) in [4.78, 5) is 25.3. The van der Waals surface area contributed by atoms with E-state index in [9.17, 15) is 4.79 Å². The number of carbonyl (C=O) groups excluding carboxylic acids is 1. The Morgan fingerprint density at radius 1 is 1.29 bits per heavy atom. The molecule has 2 rings (SSSR count). The SMILES string of the molecule is CCNC(=NCc1cccnc1OC1CCCC1)N(C)CC(=O)N(CC)CC. The number of rotatable bonds is 9. The number of nitrogens with zero attached hydrogens (tertiary/aromatic N) is 4. The number of carbonyl (C=O) groups is 1. The second kappa shape index (κ2) is 11.5. The molecular weight excluding hydrogens is 354 g/mol. The van der Waals surface area contributed by atoms with Crippen molar-refractivity contribution >= 4 is 11.9 Å². The van der Waals surface area contributed by atoms with E-state index >= 15 is 0 Å². The molecule has 1 aliphatic carbocycles. The number of aliphatic imine (C=N–C) groups is 1. The Morgan fingerprint density at radius 2 is 2.00 bits per heavy atom. The van der Waals surface area contributed by atoms with Gasteiger partial charge in [0.1, 0.15) is 6.10 Å². The Kier molecular flexibility index (Phi) is 9.04. The molecule has 1 N–H and O–H groups in total. The Morgan fingerprint density at radius 3 is 2.64 bits per heavy atom. The highest BCUT2D eigenvalue weighted by atomic mass is 16.5. The number of nitrogens with one attached hydrogen (secondary N) is 1. The zero-order valence-corrected chi connectivity index (χ0v) is 17.8. The van der Waals surface area contributed by atoms with Crippen LogP contribution in [0.25, 0.3) is 0 Å². The van der Waals surface area contributed by atoms with E-state index in [4.69, 9.17) is 9.73 Å². The van der Waals surface area contributed by atoms with Crippen LogP contribution < -0.4 is 10.1 Å². The van der Waals surface area contributed by atoms with Crippen molar-refractivity contribution in [3.05, 3.63) is 23.9 Å². The van der Waals surface area contributed by atoms with Gasteiger partial charge in [-0.3, -0.25) is 4.79 Å². The number of hydrogen-bond donors (Lipinski definition) is 1. The summed E-state index contributed by atoms with van der Waals surface area (Å²) in [5.41, 5.74) is 0.966.